The van der Waals surface area contributed by atoms with Gasteiger partial charge in [0.1, 0.15) is 29.3 Å². The molecule has 0 N–H and O–H groups in total. The Balaban J connectivity index is 1.73. The van der Waals surface area contributed by atoms with E-state index in [9.17, 15) is 9.59 Å². The summed E-state index contributed by atoms with van der Waals surface area (Å²) in [6.45, 7) is -0.0880. The molecular weight excluding hydrogens is 372 g/mol. The number of carbonyl (C=O) groups is 1. The molecule has 0 saturated carbocycles. The van der Waals surface area contributed by atoms with E-state index in [0.29, 0.717) is 22.6 Å². The number of methoxy groups -OCH3 is 2. The minimum absolute atomic E-state index is 0.0880. The van der Waals surface area contributed by atoms with Gasteiger partial charge in [-0.2, -0.15) is 0 Å². The van der Waals surface area contributed by atoms with E-state index < -0.39 is 11.6 Å². The zero-order valence-electron chi connectivity index (χ0n) is 15.9. The van der Waals surface area contributed by atoms with E-state index in [1.165, 1.54) is 20.3 Å². The van der Waals surface area contributed by atoms with Crippen molar-refractivity contribution >= 4 is 27.7 Å². The zero-order valence-corrected chi connectivity index (χ0v) is 15.9. The molecule has 4 aromatic rings. The van der Waals surface area contributed by atoms with Gasteiger partial charge in [0.25, 0.3) is 0 Å². The van der Waals surface area contributed by atoms with Crippen molar-refractivity contribution in [1.82, 2.24) is 0 Å². The molecule has 4 rings (SSSR count). The van der Waals surface area contributed by atoms with Crippen molar-refractivity contribution in [3.63, 3.8) is 0 Å². The fraction of sp³-hybridized carbons (Fsp3) is 0.130. The van der Waals surface area contributed by atoms with Gasteiger partial charge in [-0.3, -0.25) is 0 Å². The first-order valence-corrected chi connectivity index (χ1v) is 8.94. The third kappa shape index (κ3) is 3.52. The molecule has 0 amide bonds. The number of hydrogen-bond donors (Lipinski definition) is 0. The zero-order chi connectivity index (χ0) is 20.4. The van der Waals surface area contributed by atoms with Gasteiger partial charge in [-0.15, -0.1) is 0 Å². The molecule has 0 bridgehead atoms. The van der Waals surface area contributed by atoms with E-state index in [4.69, 9.17) is 18.6 Å². The molecule has 0 radical (unpaired) electrons. The van der Waals surface area contributed by atoms with E-state index in [1.807, 2.05) is 30.3 Å². The maximum Gasteiger partial charge on any atom is 0.342 e. The lowest BCUT2D eigenvalue weighted by molar-refractivity contribution is 0.0470. The molecule has 0 unspecified atom stereocenters. The number of carbonyl (C=O) groups excluding carboxylic acids is 1. The van der Waals surface area contributed by atoms with Crippen LogP contribution in [-0.4, -0.2) is 20.2 Å². The summed E-state index contributed by atoms with van der Waals surface area (Å²) in [7, 11) is 2.98. The molecule has 0 aliphatic rings. The number of ether oxygens (including phenoxy) is 3. The summed E-state index contributed by atoms with van der Waals surface area (Å²) in [5.74, 6) is 0.301. The van der Waals surface area contributed by atoms with E-state index in [1.54, 1.807) is 24.3 Å². The molecule has 0 aliphatic carbocycles. The summed E-state index contributed by atoms with van der Waals surface area (Å²) in [5.41, 5.74) is 0.756. The van der Waals surface area contributed by atoms with E-state index in [-0.39, 0.29) is 12.2 Å². The summed E-state index contributed by atoms with van der Waals surface area (Å²) in [6.07, 6.45) is 0. The molecule has 6 nitrogen and oxygen atoms in total. The number of benzene rings is 3. The Kier molecular flexibility index (Phi) is 4.91. The average molecular weight is 390 g/mol. The third-order valence-corrected chi connectivity index (χ3v) is 4.70. The van der Waals surface area contributed by atoms with Crippen LogP contribution in [0.25, 0.3) is 21.7 Å². The molecule has 29 heavy (non-hydrogen) atoms. The van der Waals surface area contributed by atoms with E-state index in [2.05, 4.69) is 0 Å². The van der Waals surface area contributed by atoms with Crippen LogP contribution in [0.15, 0.2) is 69.9 Å². The maximum atomic E-state index is 12.7. The predicted molar refractivity (Wildman–Crippen MR) is 109 cm³/mol. The third-order valence-electron chi connectivity index (χ3n) is 4.70. The highest BCUT2D eigenvalue weighted by molar-refractivity contribution is 6.07. The van der Waals surface area contributed by atoms with Gasteiger partial charge < -0.3 is 18.6 Å². The van der Waals surface area contributed by atoms with Crippen molar-refractivity contribution in [2.24, 2.45) is 0 Å². The Bertz CT molecular complexity index is 1270. The summed E-state index contributed by atoms with van der Waals surface area (Å²) in [4.78, 5) is 24.7. The van der Waals surface area contributed by atoms with Gasteiger partial charge in [-0.1, -0.05) is 30.3 Å². The van der Waals surface area contributed by atoms with Crippen molar-refractivity contribution in [2.75, 3.05) is 14.2 Å². The molecule has 0 saturated heterocycles. The van der Waals surface area contributed by atoms with Gasteiger partial charge in [-0.25, -0.2) is 9.59 Å². The first-order chi connectivity index (χ1) is 14.1. The highest BCUT2D eigenvalue weighted by atomic mass is 16.5. The molecule has 0 fully saturated rings. The van der Waals surface area contributed by atoms with Crippen molar-refractivity contribution < 1.29 is 23.4 Å². The lowest BCUT2D eigenvalue weighted by Gasteiger charge is -2.12. The second kappa shape index (κ2) is 7.67. The summed E-state index contributed by atoms with van der Waals surface area (Å²) < 4.78 is 21.3. The van der Waals surface area contributed by atoms with Crippen molar-refractivity contribution in [3.05, 3.63) is 82.2 Å². The van der Waals surface area contributed by atoms with Crippen LogP contribution in [0.3, 0.4) is 0 Å². The van der Waals surface area contributed by atoms with Crippen molar-refractivity contribution in [3.8, 4) is 11.5 Å². The second-order valence-corrected chi connectivity index (χ2v) is 6.39. The topological polar surface area (TPSA) is 75.0 Å². The Morgan fingerprint density at radius 2 is 1.79 bits per heavy atom. The second-order valence-electron chi connectivity index (χ2n) is 6.39. The van der Waals surface area contributed by atoms with Crippen molar-refractivity contribution in [2.45, 2.75) is 6.61 Å². The molecule has 3 aromatic carbocycles. The van der Waals surface area contributed by atoms with Gasteiger partial charge in [-0.05, 0) is 35.0 Å². The summed E-state index contributed by atoms with van der Waals surface area (Å²) in [6, 6.07) is 17.6. The molecule has 6 heteroatoms. The Hall–Kier alpha value is -3.80. The molecule has 0 aliphatic heterocycles. The first-order valence-electron chi connectivity index (χ1n) is 8.94. The van der Waals surface area contributed by atoms with Gasteiger partial charge in [0.05, 0.1) is 14.2 Å². The first kappa shape index (κ1) is 18.6. The Labute approximate surface area is 166 Å². The number of fused-ring (bicyclic) bond motifs is 3. The lowest BCUT2D eigenvalue weighted by Crippen LogP contribution is -2.09. The van der Waals surface area contributed by atoms with Gasteiger partial charge in [0, 0.05) is 17.0 Å². The molecule has 1 heterocycles. The Morgan fingerprint density at radius 3 is 2.59 bits per heavy atom. The Morgan fingerprint density at radius 1 is 0.966 bits per heavy atom. The molecule has 1 aromatic heterocycles. The van der Waals surface area contributed by atoms with E-state index in [0.717, 1.165) is 16.2 Å². The summed E-state index contributed by atoms with van der Waals surface area (Å²) in [5, 5.41) is 2.66. The number of esters is 1. The molecule has 146 valence electrons. The number of rotatable bonds is 5. The van der Waals surface area contributed by atoms with Gasteiger partial charge >= 0.3 is 11.6 Å². The largest absolute Gasteiger partial charge is 0.497 e. The van der Waals surface area contributed by atoms with Crippen molar-refractivity contribution in [1.29, 1.82) is 0 Å². The standard InChI is InChI=1S/C23H18O6/c1-26-16-8-10-19(27-2)18(12-16)23(25)28-13-15-11-21(24)29-20-9-7-14-5-3-4-6-17(14)22(15)20/h3-12H,13H2,1-2H3. The van der Waals surface area contributed by atoms with Crippen LogP contribution in [0, 0.1) is 0 Å². The lowest BCUT2D eigenvalue weighted by atomic mass is 10.0. The van der Waals surface area contributed by atoms with Gasteiger partial charge in [0.2, 0.25) is 0 Å². The minimum Gasteiger partial charge on any atom is -0.497 e. The van der Waals surface area contributed by atoms with E-state index >= 15 is 0 Å². The fourth-order valence-electron chi connectivity index (χ4n) is 3.33. The smallest absolute Gasteiger partial charge is 0.342 e. The maximum absolute atomic E-state index is 12.7. The highest BCUT2D eigenvalue weighted by Crippen LogP contribution is 2.29. The minimum atomic E-state index is -0.581. The van der Waals surface area contributed by atoms with Crippen LogP contribution in [0.4, 0.5) is 0 Å². The van der Waals surface area contributed by atoms with Crippen LogP contribution >= 0.6 is 0 Å². The van der Waals surface area contributed by atoms with Crippen LogP contribution < -0.4 is 15.1 Å². The van der Waals surface area contributed by atoms with Crippen LogP contribution in [0.5, 0.6) is 11.5 Å². The van der Waals surface area contributed by atoms with Crippen LogP contribution in [-0.2, 0) is 11.3 Å². The normalized spacial score (nSPS) is 10.8. The van der Waals surface area contributed by atoms with Crippen LogP contribution in [0.1, 0.15) is 15.9 Å². The quantitative estimate of drug-likeness (QED) is 0.287. The molecule has 0 spiro atoms. The van der Waals surface area contributed by atoms with Crippen LogP contribution in [0.2, 0.25) is 0 Å². The molecular formula is C23H18O6. The highest BCUT2D eigenvalue weighted by Gasteiger charge is 2.17. The van der Waals surface area contributed by atoms with Gasteiger partial charge in [0.15, 0.2) is 0 Å². The monoisotopic (exact) mass is 390 g/mol. The average Bonchev–Trinajstić information content (AvgIpc) is 2.76. The number of hydrogen-bond acceptors (Lipinski definition) is 6. The fourth-order valence-corrected chi connectivity index (χ4v) is 3.33. The SMILES string of the molecule is COc1ccc(OC)c(C(=O)OCc2cc(=O)oc3ccc4ccccc4c23)c1. The predicted octanol–water partition coefficient (Wildman–Crippen LogP) is 4.32. The summed E-state index contributed by atoms with van der Waals surface area (Å²) >= 11 is 0. The molecule has 0 atom stereocenters.